The third-order valence-electron chi connectivity index (χ3n) is 24.4. The summed E-state index contributed by atoms with van der Waals surface area (Å²) in [6.07, 6.45) is -4.55. The number of ether oxygens (including phenoxy) is 8. The highest BCUT2D eigenvalue weighted by Gasteiger charge is 2.66. The Kier molecular flexibility index (Phi) is 24.1. The van der Waals surface area contributed by atoms with Gasteiger partial charge in [0.05, 0.1) is 52.2 Å². The van der Waals surface area contributed by atoms with E-state index < -0.39 is 123 Å². The molecule has 5 fully saturated rings. The molecule has 8 heterocycles. The zero-order valence-corrected chi connectivity index (χ0v) is 74.9. The molecule has 5 unspecified atom stereocenters. The van der Waals surface area contributed by atoms with E-state index in [9.17, 15) is 66.7 Å². The topological polar surface area (TPSA) is 445 Å². The summed E-state index contributed by atoms with van der Waals surface area (Å²) in [6.45, 7) is 3.04. The highest BCUT2D eigenvalue weighted by atomic mass is 31.2. The van der Waals surface area contributed by atoms with E-state index in [1.807, 2.05) is 91.0 Å². The van der Waals surface area contributed by atoms with Crippen molar-refractivity contribution < 1.29 is 94.5 Å². The molecule has 34 nitrogen and oxygen atoms in total. The van der Waals surface area contributed by atoms with Crippen molar-refractivity contribution >= 4 is 142 Å². The Morgan fingerprint density at radius 2 is 0.836 bits per heavy atom. The summed E-state index contributed by atoms with van der Waals surface area (Å²) in [5, 5.41) is 27.0. The van der Waals surface area contributed by atoms with Gasteiger partial charge in [-0.1, -0.05) is 193 Å². The molecule has 8 N–H and O–H groups in total. The smallest absolute Gasteiger partial charge is 0.352 e. The minimum Gasteiger partial charge on any atom is -0.382 e. The monoisotopic (exact) mass is 1870 g/mol. The molecule has 682 valence electrons. The zero-order chi connectivity index (χ0) is 93.6. The lowest BCUT2D eigenvalue weighted by molar-refractivity contribution is -0.275. The molecule has 0 radical (unpaired) electrons. The van der Waals surface area contributed by atoms with Crippen LogP contribution in [0.15, 0.2) is 223 Å². The Morgan fingerprint density at radius 1 is 0.440 bits per heavy atom. The van der Waals surface area contributed by atoms with E-state index in [0.29, 0.717) is 11.1 Å². The maximum Gasteiger partial charge on any atom is 0.352 e. The van der Waals surface area contributed by atoms with Crippen molar-refractivity contribution in [3.8, 4) is 35.5 Å². The molecule has 14 atom stereocenters. The number of aromatic nitrogens is 6. The van der Waals surface area contributed by atoms with Gasteiger partial charge in [-0.15, -0.1) is 4.67 Å². The van der Waals surface area contributed by atoms with Gasteiger partial charge >= 0.3 is 39.9 Å². The van der Waals surface area contributed by atoms with Crippen LogP contribution in [0.3, 0.4) is 0 Å². The van der Waals surface area contributed by atoms with Crippen LogP contribution in [0.4, 0.5) is 0 Å². The Morgan fingerprint density at radius 3 is 1.32 bits per heavy atom. The Bertz CT molecular complexity index is 8150. The third-order valence-corrected chi connectivity index (χ3v) is 26.1. The number of H-pyrrole nitrogens is 3. The van der Waals surface area contributed by atoms with Crippen molar-refractivity contribution in [2.24, 2.45) is 0 Å². The van der Waals surface area contributed by atoms with Crippen LogP contribution in [0, 0.1) is 35.5 Å². The lowest BCUT2D eigenvalue weighted by Gasteiger charge is -2.31. The second-order valence-electron chi connectivity index (χ2n) is 33.4. The van der Waals surface area contributed by atoms with Crippen LogP contribution >= 0.6 is 22.8 Å². The highest BCUT2D eigenvalue weighted by Crippen LogP contribution is 2.54. The van der Waals surface area contributed by atoms with Gasteiger partial charge in [0.15, 0.2) is 18.6 Å². The molecular weight excluding hydrogens is 1790 g/mol. The number of aromatic amines is 3. The number of nitrogens with zero attached hydrogens (tertiary/aromatic N) is 3. The van der Waals surface area contributed by atoms with E-state index in [1.54, 1.807) is 12.1 Å². The second kappa shape index (κ2) is 35.8. The summed E-state index contributed by atoms with van der Waals surface area (Å²) >= 11 is 0. The van der Waals surface area contributed by atoms with Crippen LogP contribution < -0.4 is 44.4 Å². The molecule has 2 amide bonds. The molecule has 4 bridgehead atoms. The number of methoxy groups -OCH3 is 3. The van der Waals surface area contributed by atoms with E-state index in [0.717, 1.165) is 132 Å². The summed E-state index contributed by atoms with van der Waals surface area (Å²) in [5.41, 5.74) is -5.11. The quantitative estimate of drug-likeness (QED) is 0.00877. The zero-order valence-electron chi connectivity index (χ0n) is 72.2. The number of hydrogen-bond donors (Lipinski definition) is 8. The summed E-state index contributed by atoms with van der Waals surface area (Å²) in [7, 11) is -7.47. The Hall–Kier alpha value is -13.0. The summed E-state index contributed by atoms with van der Waals surface area (Å²) in [5.74, 6) is 16.5. The Labute approximate surface area is 758 Å². The Balaban J connectivity index is 0.000000129. The normalized spacial score (nSPS) is 22.5. The molecule has 37 heteroatoms. The predicted molar refractivity (Wildman–Crippen MR) is 499 cm³/mol. The van der Waals surface area contributed by atoms with Gasteiger partial charge in [-0.3, -0.25) is 70.8 Å². The molecule has 5 saturated heterocycles. The van der Waals surface area contributed by atoms with Gasteiger partial charge in [-0.2, -0.15) is 0 Å². The molecule has 0 spiro atoms. The standard InChI is InChI=1S/C34H27N2O8P.C32H28N3O10P.C31H28N3O8P/c1-41-17-34-18-42-29(30(34)44-45(2,39)40)32(43-34)36-16-21(31(37)35-33(36)38)13-12-19-14-15-26-24-10-4-7-20-6-3-9-23(27(20)24)25-11-5-8-22(19)28(25)26;1-41-16-32-17-42-26(27(32)44-45-46(2,39)40)30(43-32)35-15-21(28(36)34-31(35)38)7-4-14-33-29(37)23-13-11-20-9-8-18-5-3-6-19-10-12-22(23)25(20)24(18)19;1-40-17-25-24(42-43(2,38)39)15-26(41-25)34-16-21(29(35)33-31(34)37)7-4-14-32-30(36)23-13-11-20-9-8-18-5-3-6-19-10-12-22(23)28(20)27(18)19/h3-11,14-16,29-30,32H,17-18H2,1-2H3,(H,39,40)(H,35,37,38);3,5-6,8-13,15,26-27,30H,14,16-17H2,1-2H3,(H,33,37)(H,39,40)(H,34,36,38);3,5-6,8-13,16,24-26H,14-15,17H2,1-2H3,(H,32,36)(H,38,39)(H,33,35,37)/t29?,30-,32-,34+;26?,27-,30+,32+;24-,25-,26-/m101/s1. The maximum atomic E-state index is 13.3. The maximum absolute atomic E-state index is 13.3. The number of carbonyl (C=O) groups is 2. The first kappa shape index (κ1) is 90.2. The number of fused-ring (bicyclic) bond motifs is 6. The summed E-state index contributed by atoms with van der Waals surface area (Å²) < 4.78 is 100. The SMILES string of the molecule is COC[C@@]12COC([C@H](n3cc(C#Cc4ccc5c6cccc7cccc(c8cccc4c85)c76)c(=O)[nH]c3=O)O1)[C@H]2OP(C)(=O)O.COC[C@H]1O[C@@H](n2cc(C#CCNC(=O)c3ccc4ccc5cccc6ccc3c4c56)c(=O)[nH]c2=O)C[C@H]1OP(C)(=O)O.COC[C@]12COC([C@H](n3cc(C#CCNC(=O)c4ccc5ccc6cccc7ccc4c5c67)c(=O)[nH]c3=O)O1)[C@@H]2OOP(C)(=O)O. The van der Waals surface area contributed by atoms with E-state index in [4.69, 9.17) is 51.8 Å². The van der Waals surface area contributed by atoms with Crippen molar-refractivity contribution in [3.63, 3.8) is 0 Å². The van der Waals surface area contributed by atoms with Crippen molar-refractivity contribution in [1.82, 2.24) is 39.3 Å². The van der Waals surface area contributed by atoms with Gasteiger partial charge in [0.25, 0.3) is 28.5 Å². The average Bonchev–Trinajstić information content (AvgIpc) is 1.07. The fourth-order valence-electron chi connectivity index (χ4n) is 18.9. The largest absolute Gasteiger partial charge is 0.382 e. The molecule has 134 heavy (non-hydrogen) atoms. The van der Waals surface area contributed by atoms with Gasteiger partial charge in [0, 0.05) is 83.0 Å². The van der Waals surface area contributed by atoms with Crippen LogP contribution in [0.2, 0.25) is 0 Å². The van der Waals surface area contributed by atoms with Crippen molar-refractivity contribution in [3.05, 3.63) is 290 Å². The molecule has 0 aliphatic carbocycles. The van der Waals surface area contributed by atoms with E-state index in [1.165, 1.54) is 55.3 Å². The minimum absolute atomic E-state index is 0.000527. The number of hydrogen-bond acceptors (Lipinski definition) is 23. The first-order chi connectivity index (χ1) is 64.4. The van der Waals surface area contributed by atoms with Gasteiger partial charge < -0.3 is 67.7 Å². The van der Waals surface area contributed by atoms with Gasteiger partial charge in [-0.05, 0) is 126 Å². The third kappa shape index (κ3) is 17.0. The number of rotatable bonds is 20. The van der Waals surface area contributed by atoms with Crippen LogP contribution in [0.5, 0.6) is 0 Å². The van der Waals surface area contributed by atoms with E-state index in [-0.39, 0.29) is 81.0 Å². The highest BCUT2D eigenvalue weighted by molar-refractivity contribution is 7.52. The van der Waals surface area contributed by atoms with Crippen molar-refractivity contribution in [2.75, 3.05) is 87.4 Å². The molecule has 5 aliphatic heterocycles. The van der Waals surface area contributed by atoms with Crippen LogP contribution in [-0.2, 0) is 70.2 Å². The molecule has 3 aromatic heterocycles. The van der Waals surface area contributed by atoms with Crippen molar-refractivity contribution in [1.29, 1.82) is 0 Å². The first-order valence-corrected chi connectivity index (χ1v) is 48.3. The van der Waals surface area contributed by atoms with Crippen LogP contribution in [0.1, 0.15) is 68.1 Å². The van der Waals surface area contributed by atoms with Gasteiger partial charge in [0.1, 0.15) is 58.5 Å². The summed E-state index contributed by atoms with van der Waals surface area (Å²) in [6, 6.07) is 58.6. The molecule has 13 aromatic carbocycles. The molecular formula is C97H83N8O26P3. The summed E-state index contributed by atoms with van der Waals surface area (Å²) in [4.78, 5) is 144. The molecule has 0 saturated carbocycles. The molecule has 21 rings (SSSR count). The lowest BCUT2D eigenvalue weighted by atomic mass is 9.88. The van der Waals surface area contributed by atoms with Crippen molar-refractivity contribution in [2.45, 2.75) is 72.9 Å². The first-order valence-electron chi connectivity index (χ1n) is 42.3. The predicted octanol–water partition coefficient (Wildman–Crippen LogP) is 10.5. The molecule has 16 aromatic rings. The van der Waals surface area contributed by atoms with Gasteiger partial charge in [-0.25, -0.2) is 19.3 Å². The second-order valence-corrected chi connectivity index (χ2v) is 38.8. The molecule has 5 aliphatic rings. The fraction of sp³-hybridized carbons (Fsp3) is 0.258. The number of nitrogens with one attached hydrogen (secondary N) is 5. The van der Waals surface area contributed by atoms with Gasteiger partial charge in [0.2, 0.25) is 0 Å². The van der Waals surface area contributed by atoms with Crippen LogP contribution in [-0.4, -0.2) is 190 Å². The number of benzene rings is 13. The van der Waals surface area contributed by atoms with Crippen LogP contribution in [0.25, 0.3) is 108 Å². The number of carbonyl (C=O) groups excluding carboxylic acids is 2. The average molecular weight is 1870 g/mol. The minimum atomic E-state index is -4.02. The number of amides is 2. The lowest BCUT2D eigenvalue weighted by Crippen LogP contribution is -2.46. The fourth-order valence-corrected chi connectivity index (χ4v) is 20.6. The van der Waals surface area contributed by atoms with E-state index in [2.05, 4.69) is 139 Å². The van der Waals surface area contributed by atoms with E-state index >= 15 is 0 Å².